The van der Waals surface area contributed by atoms with Crippen LogP contribution in [0.2, 0.25) is 5.02 Å². The Morgan fingerprint density at radius 2 is 2.11 bits per heavy atom. The molecule has 2 aromatic carbocycles. The fourth-order valence-corrected chi connectivity index (χ4v) is 3.53. The number of nitrogens with one attached hydrogen (secondary N) is 3. The van der Waals surface area contributed by atoms with Crippen molar-refractivity contribution in [3.63, 3.8) is 0 Å². The van der Waals surface area contributed by atoms with Crippen LogP contribution in [-0.4, -0.2) is 29.7 Å². The molecule has 0 spiro atoms. The Kier molecular flexibility index (Phi) is 6.68. The highest BCUT2D eigenvalue weighted by molar-refractivity contribution is 6.30. The van der Waals surface area contributed by atoms with Crippen molar-refractivity contribution in [1.82, 2.24) is 10.9 Å². The van der Waals surface area contributed by atoms with Gasteiger partial charge >= 0.3 is 0 Å². The van der Waals surface area contributed by atoms with Crippen molar-refractivity contribution in [3.05, 3.63) is 64.7 Å². The molecule has 6 N–H and O–H groups in total. The number of hydrazine groups is 1. The summed E-state index contributed by atoms with van der Waals surface area (Å²) in [6.07, 6.45) is 0.108. The van der Waals surface area contributed by atoms with Crippen molar-refractivity contribution in [2.75, 3.05) is 11.9 Å². The fraction of sp³-hybridized carbons (Fsp3) is 0.350. The Balaban J connectivity index is 1.41. The smallest absolute Gasteiger partial charge is 0.264 e. The van der Waals surface area contributed by atoms with Crippen LogP contribution in [0, 0.1) is 0 Å². The summed E-state index contributed by atoms with van der Waals surface area (Å²) >= 11 is 5.92. The van der Waals surface area contributed by atoms with Crippen LogP contribution in [0.15, 0.2) is 48.5 Å². The van der Waals surface area contributed by atoms with Crippen molar-refractivity contribution in [1.29, 1.82) is 0 Å². The molecule has 1 aliphatic rings. The van der Waals surface area contributed by atoms with Gasteiger partial charge in [0.25, 0.3) is 5.91 Å². The molecule has 1 heterocycles. The Morgan fingerprint density at radius 1 is 1.30 bits per heavy atom. The first-order chi connectivity index (χ1) is 13.0. The van der Waals surface area contributed by atoms with E-state index in [1.807, 2.05) is 24.3 Å². The Bertz CT molecular complexity index is 786. The second kappa shape index (κ2) is 9.19. The van der Waals surface area contributed by atoms with Gasteiger partial charge in [-0.3, -0.25) is 10.2 Å². The molecular weight excluding hydrogens is 364 g/mol. The highest BCUT2D eigenvalue weighted by Crippen LogP contribution is 2.34. The number of para-hydroxylation sites is 1. The van der Waals surface area contributed by atoms with E-state index in [1.54, 1.807) is 12.1 Å². The number of hydrogen-bond acceptors (Lipinski definition) is 5. The lowest BCUT2D eigenvalue weighted by Crippen LogP contribution is -2.50. The number of carbonyl (C=O) groups is 1. The van der Waals surface area contributed by atoms with Gasteiger partial charge < -0.3 is 16.2 Å². The number of carbonyl (C=O) groups excluding carboxylic acids is 1. The third-order valence-corrected chi connectivity index (χ3v) is 5.09. The number of fused-ring (bicyclic) bond motifs is 1. The largest absolute Gasteiger partial charge is 0.384 e. The number of hydrogen-bond donors (Lipinski definition) is 5. The topological polar surface area (TPSA) is 99.4 Å². The van der Waals surface area contributed by atoms with E-state index in [0.717, 1.165) is 24.2 Å². The van der Waals surface area contributed by atoms with E-state index in [4.69, 9.17) is 17.3 Å². The number of amides is 1. The first kappa shape index (κ1) is 19.6. The molecule has 3 unspecified atom stereocenters. The molecule has 0 saturated carbocycles. The van der Waals surface area contributed by atoms with Crippen molar-refractivity contribution in [2.24, 2.45) is 5.73 Å². The van der Waals surface area contributed by atoms with E-state index in [-0.39, 0.29) is 0 Å². The molecule has 6 nitrogen and oxygen atoms in total. The number of aliphatic hydroxyl groups is 1. The minimum Gasteiger partial charge on any atom is -0.384 e. The normalized spacial score (nSPS) is 17.7. The van der Waals surface area contributed by atoms with Crippen LogP contribution in [0.4, 0.5) is 5.69 Å². The minimum atomic E-state index is -1.26. The molecule has 3 atom stereocenters. The lowest BCUT2D eigenvalue weighted by molar-refractivity contribution is -0.131. The summed E-state index contributed by atoms with van der Waals surface area (Å²) < 4.78 is 0. The molecule has 2 aromatic rings. The summed E-state index contributed by atoms with van der Waals surface area (Å²) in [6, 6.07) is 14.9. The van der Waals surface area contributed by atoms with Gasteiger partial charge in [0.15, 0.2) is 0 Å². The standard InChI is InChI=1S/C20H25ClN4O2/c21-15-5-3-4-13(10-15)11-24-25-20(27)19(26)17(22)9-8-14-12-23-18-7-2-1-6-16(14)18/h1-7,10,14,17,19,23-24,26H,8-9,11-12,22H2,(H,25,27). The third kappa shape index (κ3) is 5.20. The number of halogens is 1. The molecule has 0 radical (unpaired) electrons. The van der Waals surface area contributed by atoms with Crippen molar-refractivity contribution in [2.45, 2.75) is 37.5 Å². The van der Waals surface area contributed by atoms with E-state index in [2.05, 4.69) is 28.3 Å². The Morgan fingerprint density at radius 3 is 2.93 bits per heavy atom. The third-order valence-electron chi connectivity index (χ3n) is 4.86. The molecule has 144 valence electrons. The number of benzene rings is 2. The maximum Gasteiger partial charge on any atom is 0.264 e. The van der Waals surface area contributed by atoms with Crippen LogP contribution in [-0.2, 0) is 11.3 Å². The number of nitrogens with two attached hydrogens (primary N) is 1. The molecule has 0 bridgehead atoms. The fourth-order valence-electron chi connectivity index (χ4n) is 3.31. The number of rotatable bonds is 8. The molecule has 0 aromatic heterocycles. The molecule has 3 rings (SSSR count). The quantitative estimate of drug-likeness (QED) is 0.446. The summed E-state index contributed by atoms with van der Waals surface area (Å²) in [6.45, 7) is 1.26. The van der Waals surface area contributed by atoms with Gasteiger partial charge in [0, 0.05) is 35.8 Å². The molecule has 0 saturated heterocycles. The van der Waals surface area contributed by atoms with Gasteiger partial charge in [0.1, 0.15) is 6.10 Å². The van der Waals surface area contributed by atoms with Gasteiger partial charge in [-0.2, -0.15) is 0 Å². The first-order valence-electron chi connectivity index (χ1n) is 9.08. The predicted molar refractivity (Wildman–Crippen MR) is 107 cm³/mol. The second-order valence-electron chi connectivity index (χ2n) is 6.82. The van der Waals surface area contributed by atoms with Crippen molar-refractivity contribution < 1.29 is 9.90 Å². The molecule has 1 amide bonds. The molecule has 7 heteroatoms. The average Bonchev–Trinajstić information content (AvgIpc) is 3.08. The highest BCUT2D eigenvalue weighted by atomic mass is 35.5. The van der Waals surface area contributed by atoms with Crippen LogP contribution < -0.4 is 21.9 Å². The van der Waals surface area contributed by atoms with Crippen LogP contribution in [0.25, 0.3) is 0 Å². The zero-order chi connectivity index (χ0) is 19.2. The first-order valence-corrected chi connectivity index (χ1v) is 9.46. The maximum absolute atomic E-state index is 12.1. The van der Waals surface area contributed by atoms with Crippen LogP contribution in [0.3, 0.4) is 0 Å². The summed E-state index contributed by atoms with van der Waals surface area (Å²) in [4.78, 5) is 12.1. The van der Waals surface area contributed by atoms with Gasteiger partial charge in [-0.05, 0) is 42.2 Å². The SMILES string of the molecule is NC(CCC1CNc2ccccc21)C(O)C(=O)NNCc1cccc(Cl)c1. The van der Waals surface area contributed by atoms with Gasteiger partial charge in [-0.1, -0.05) is 41.9 Å². The molecule has 0 aliphatic carbocycles. The number of anilines is 1. The maximum atomic E-state index is 12.1. The van der Waals surface area contributed by atoms with Crippen molar-refractivity contribution in [3.8, 4) is 0 Å². The average molecular weight is 389 g/mol. The zero-order valence-electron chi connectivity index (χ0n) is 15.0. The number of aliphatic hydroxyl groups excluding tert-OH is 1. The van der Waals surface area contributed by atoms with Gasteiger partial charge in [0.2, 0.25) is 0 Å². The lowest BCUT2D eigenvalue weighted by Gasteiger charge is -2.20. The lowest BCUT2D eigenvalue weighted by atomic mass is 9.93. The van der Waals surface area contributed by atoms with Crippen LogP contribution in [0.1, 0.15) is 29.9 Å². The summed E-state index contributed by atoms with van der Waals surface area (Å²) in [5.41, 5.74) is 14.7. The summed E-state index contributed by atoms with van der Waals surface area (Å²) in [5.74, 6) is -0.182. The predicted octanol–water partition coefficient (Wildman–Crippen LogP) is 2.14. The van der Waals surface area contributed by atoms with E-state index >= 15 is 0 Å². The summed E-state index contributed by atoms with van der Waals surface area (Å²) in [7, 11) is 0. The molecular formula is C20H25ClN4O2. The van der Waals surface area contributed by atoms with Crippen LogP contribution in [0.5, 0.6) is 0 Å². The highest BCUT2D eigenvalue weighted by Gasteiger charge is 2.26. The molecule has 0 fully saturated rings. The second-order valence-corrected chi connectivity index (χ2v) is 7.26. The van der Waals surface area contributed by atoms with Crippen LogP contribution >= 0.6 is 11.6 Å². The minimum absolute atomic E-state index is 0.350. The van der Waals surface area contributed by atoms with E-state index < -0.39 is 18.1 Å². The monoisotopic (exact) mass is 388 g/mol. The Labute approximate surface area is 164 Å². The van der Waals surface area contributed by atoms with Crippen molar-refractivity contribution >= 4 is 23.2 Å². The zero-order valence-corrected chi connectivity index (χ0v) is 15.7. The molecule has 27 heavy (non-hydrogen) atoms. The molecule has 1 aliphatic heterocycles. The van der Waals surface area contributed by atoms with Gasteiger partial charge in [-0.25, -0.2) is 5.43 Å². The van der Waals surface area contributed by atoms with E-state index in [9.17, 15) is 9.90 Å². The van der Waals surface area contributed by atoms with Gasteiger partial charge in [-0.15, -0.1) is 0 Å². The summed E-state index contributed by atoms with van der Waals surface area (Å²) in [5, 5.41) is 14.2. The van der Waals surface area contributed by atoms with Gasteiger partial charge in [0.05, 0.1) is 0 Å². The Hall–Kier alpha value is -2.12. The van der Waals surface area contributed by atoms with E-state index in [0.29, 0.717) is 23.9 Å². The van der Waals surface area contributed by atoms with E-state index in [1.165, 1.54) is 5.56 Å².